The minimum Gasteiger partial charge on any atom is -0.361 e. The van der Waals surface area contributed by atoms with Gasteiger partial charge in [-0.05, 0) is 32.4 Å². The first-order chi connectivity index (χ1) is 9.69. The topological polar surface area (TPSA) is 90.7 Å². The highest BCUT2D eigenvalue weighted by Gasteiger charge is 2.20. The van der Waals surface area contributed by atoms with Crippen molar-refractivity contribution in [3.63, 3.8) is 0 Å². The normalized spacial score (nSPS) is 10.9. The molecule has 0 N–H and O–H groups in total. The van der Waals surface area contributed by atoms with Crippen molar-refractivity contribution in [1.29, 1.82) is 0 Å². The molecule has 0 saturated carbocycles. The molecule has 0 bridgehead atoms. The molecular weight excluding hydrogens is 258 g/mol. The molecule has 0 aliphatic rings. The first kappa shape index (κ1) is 12.5. The summed E-state index contributed by atoms with van der Waals surface area (Å²) in [5, 5.41) is 15.9. The number of rotatable bonds is 3. The molecule has 0 unspecified atom stereocenters. The SMILES string of the molecule is CCc1noc(C)c1-c1nc(-c2ccc(C)nn2)no1. The Hall–Kier alpha value is -2.57. The second-order valence-corrected chi connectivity index (χ2v) is 4.40. The third-order valence-electron chi connectivity index (χ3n) is 2.94. The quantitative estimate of drug-likeness (QED) is 0.722. The van der Waals surface area contributed by atoms with Gasteiger partial charge in [0.1, 0.15) is 17.0 Å². The molecule has 3 heterocycles. The molecule has 0 radical (unpaired) electrons. The summed E-state index contributed by atoms with van der Waals surface area (Å²) in [4.78, 5) is 4.34. The van der Waals surface area contributed by atoms with E-state index in [1.165, 1.54) is 0 Å². The fraction of sp³-hybridized carbons (Fsp3) is 0.308. The number of aromatic nitrogens is 5. The predicted octanol–water partition coefficient (Wildman–Crippen LogP) is 2.36. The lowest BCUT2D eigenvalue weighted by atomic mass is 10.1. The molecule has 0 amide bonds. The van der Waals surface area contributed by atoms with E-state index in [0.717, 1.165) is 23.4 Å². The maximum Gasteiger partial charge on any atom is 0.263 e. The summed E-state index contributed by atoms with van der Waals surface area (Å²) in [5.74, 6) is 1.44. The first-order valence-corrected chi connectivity index (χ1v) is 6.29. The third kappa shape index (κ3) is 2.07. The molecule has 20 heavy (non-hydrogen) atoms. The highest BCUT2D eigenvalue weighted by Crippen LogP contribution is 2.27. The number of hydrogen-bond donors (Lipinski definition) is 0. The van der Waals surface area contributed by atoms with E-state index in [0.29, 0.717) is 23.2 Å². The Morgan fingerprint density at radius 1 is 1.05 bits per heavy atom. The molecule has 0 aliphatic heterocycles. The summed E-state index contributed by atoms with van der Waals surface area (Å²) < 4.78 is 10.5. The Labute approximate surface area is 115 Å². The lowest BCUT2D eigenvalue weighted by molar-refractivity contribution is 0.390. The summed E-state index contributed by atoms with van der Waals surface area (Å²) in [5.41, 5.74) is 2.96. The molecule has 102 valence electrons. The minimum atomic E-state index is 0.387. The van der Waals surface area contributed by atoms with Gasteiger partial charge in [0.15, 0.2) is 0 Å². The Bertz CT molecular complexity index is 730. The number of aryl methyl sites for hydroxylation is 3. The summed E-state index contributed by atoms with van der Waals surface area (Å²) in [7, 11) is 0. The van der Waals surface area contributed by atoms with Crippen LogP contribution in [0, 0.1) is 13.8 Å². The van der Waals surface area contributed by atoms with E-state index >= 15 is 0 Å². The molecule has 3 rings (SSSR count). The summed E-state index contributed by atoms with van der Waals surface area (Å²) in [6.07, 6.45) is 0.731. The lowest BCUT2D eigenvalue weighted by Crippen LogP contribution is -1.91. The van der Waals surface area contributed by atoms with Gasteiger partial charge in [0.05, 0.1) is 11.4 Å². The fourth-order valence-electron chi connectivity index (χ4n) is 1.88. The lowest BCUT2D eigenvalue weighted by Gasteiger charge is -1.93. The summed E-state index contributed by atoms with van der Waals surface area (Å²) in [6.45, 7) is 5.67. The van der Waals surface area contributed by atoms with Gasteiger partial charge in [0.2, 0.25) is 5.82 Å². The van der Waals surface area contributed by atoms with Crippen molar-refractivity contribution in [3.8, 4) is 23.0 Å². The summed E-state index contributed by atoms with van der Waals surface area (Å²) >= 11 is 0. The van der Waals surface area contributed by atoms with Crippen LogP contribution in [0.15, 0.2) is 21.2 Å². The second-order valence-electron chi connectivity index (χ2n) is 4.40. The zero-order chi connectivity index (χ0) is 14.1. The van der Waals surface area contributed by atoms with Crippen molar-refractivity contribution in [2.75, 3.05) is 0 Å². The smallest absolute Gasteiger partial charge is 0.263 e. The Kier molecular flexibility index (Phi) is 3.02. The molecule has 7 nitrogen and oxygen atoms in total. The van der Waals surface area contributed by atoms with Crippen molar-refractivity contribution in [2.24, 2.45) is 0 Å². The Balaban J connectivity index is 2.02. The standard InChI is InChI=1S/C13H13N5O2/c1-4-9-11(8(3)19-17-9)13-14-12(18-20-13)10-6-5-7(2)15-16-10/h5-6H,4H2,1-3H3. The predicted molar refractivity (Wildman–Crippen MR) is 69.7 cm³/mol. The van der Waals surface area contributed by atoms with Crippen molar-refractivity contribution < 1.29 is 9.05 Å². The average molecular weight is 271 g/mol. The van der Waals surface area contributed by atoms with Crippen LogP contribution in [0.4, 0.5) is 0 Å². The van der Waals surface area contributed by atoms with Crippen LogP contribution >= 0.6 is 0 Å². The van der Waals surface area contributed by atoms with Crippen LogP contribution < -0.4 is 0 Å². The number of hydrogen-bond acceptors (Lipinski definition) is 7. The van der Waals surface area contributed by atoms with Gasteiger partial charge in [-0.3, -0.25) is 0 Å². The van der Waals surface area contributed by atoms with E-state index < -0.39 is 0 Å². The Morgan fingerprint density at radius 3 is 2.60 bits per heavy atom. The van der Waals surface area contributed by atoms with Crippen LogP contribution in [0.3, 0.4) is 0 Å². The molecule has 0 atom stereocenters. The summed E-state index contributed by atoms with van der Waals surface area (Å²) in [6, 6.07) is 3.65. The number of nitrogens with zero attached hydrogens (tertiary/aromatic N) is 5. The van der Waals surface area contributed by atoms with Crippen LogP contribution in [0.25, 0.3) is 23.0 Å². The zero-order valence-corrected chi connectivity index (χ0v) is 11.4. The van der Waals surface area contributed by atoms with Gasteiger partial charge in [-0.25, -0.2) is 0 Å². The van der Waals surface area contributed by atoms with E-state index in [-0.39, 0.29) is 0 Å². The molecule has 0 fully saturated rings. The van der Waals surface area contributed by atoms with Crippen molar-refractivity contribution in [2.45, 2.75) is 27.2 Å². The molecular formula is C13H13N5O2. The zero-order valence-electron chi connectivity index (χ0n) is 11.4. The van der Waals surface area contributed by atoms with E-state index in [4.69, 9.17) is 9.05 Å². The molecule has 3 aromatic rings. The maximum atomic E-state index is 5.29. The third-order valence-corrected chi connectivity index (χ3v) is 2.94. The molecule has 0 aromatic carbocycles. The van der Waals surface area contributed by atoms with Crippen LogP contribution in [-0.2, 0) is 6.42 Å². The van der Waals surface area contributed by atoms with Crippen LogP contribution in [0.1, 0.15) is 24.1 Å². The van der Waals surface area contributed by atoms with Gasteiger partial charge in [-0.15, -0.1) is 5.10 Å². The minimum absolute atomic E-state index is 0.387. The second kappa shape index (κ2) is 4.84. The van der Waals surface area contributed by atoms with E-state index in [1.54, 1.807) is 6.07 Å². The largest absolute Gasteiger partial charge is 0.361 e. The van der Waals surface area contributed by atoms with Gasteiger partial charge < -0.3 is 9.05 Å². The van der Waals surface area contributed by atoms with Crippen molar-refractivity contribution >= 4 is 0 Å². The highest BCUT2D eigenvalue weighted by atomic mass is 16.5. The van der Waals surface area contributed by atoms with Gasteiger partial charge in [-0.1, -0.05) is 17.2 Å². The molecule has 0 aliphatic carbocycles. The highest BCUT2D eigenvalue weighted by molar-refractivity contribution is 5.61. The molecule has 7 heteroatoms. The average Bonchev–Trinajstić information content (AvgIpc) is 3.05. The van der Waals surface area contributed by atoms with E-state index in [9.17, 15) is 0 Å². The van der Waals surface area contributed by atoms with Crippen LogP contribution in [-0.4, -0.2) is 25.5 Å². The van der Waals surface area contributed by atoms with Gasteiger partial charge in [-0.2, -0.15) is 10.1 Å². The Morgan fingerprint density at radius 2 is 1.90 bits per heavy atom. The fourth-order valence-corrected chi connectivity index (χ4v) is 1.88. The maximum absolute atomic E-state index is 5.29. The van der Waals surface area contributed by atoms with Crippen LogP contribution in [0.2, 0.25) is 0 Å². The van der Waals surface area contributed by atoms with Gasteiger partial charge >= 0.3 is 0 Å². The molecule has 0 spiro atoms. The molecule has 0 saturated heterocycles. The van der Waals surface area contributed by atoms with Crippen LogP contribution in [0.5, 0.6) is 0 Å². The van der Waals surface area contributed by atoms with E-state index in [2.05, 4.69) is 25.5 Å². The van der Waals surface area contributed by atoms with Crippen molar-refractivity contribution in [3.05, 3.63) is 29.3 Å². The van der Waals surface area contributed by atoms with Crippen molar-refractivity contribution in [1.82, 2.24) is 25.5 Å². The van der Waals surface area contributed by atoms with E-state index in [1.807, 2.05) is 26.8 Å². The molecule has 3 aromatic heterocycles. The first-order valence-electron chi connectivity index (χ1n) is 6.29. The van der Waals surface area contributed by atoms with Gasteiger partial charge in [0, 0.05) is 0 Å². The van der Waals surface area contributed by atoms with Gasteiger partial charge in [0.25, 0.3) is 5.89 Å². The monoisotopic (exact) mass is 271 g/mol.